The lowest BCUT2D eigenvalue weighted by atomic mass is 9.88. The number of nitrogens with one attached hydrogen (secondary N) is 2. The van der Waals surface area contributed by atoms with Gasteiger partial charge in [-0.25, -0.2) is 0 Å². The van der Waals surface area contributed by atoms with Crippen LogP contribution in [0.3, 0.4) is 0 Å². The Labute approximate surface area is 214 Å². The van der Waals surface area contributed by atoms with E-state index in [4.69, 9.17) is 0 Å². The molecule has 4 heteroatoms. The Morgan fingerprint density at radius 3 is 1.67 bits per heavy atom. The van der Waals surface area contributed by atoms with E-state index in [0.29, 0.717) is 25.9 Å². The van der Waals surface area contributed by atoms with Crippen LogP contribution in [0.5, 0.6) is 0 Å². The Bertz CT molecular complexity index is 1130. The molecule has 36 heavy (non-hydrogen) atoms. The second-order valence-electron chi connectivity index (χ2n) is 9.13. The molecule has 0 saturated carbocycles. The van der Waals surface area contributed by atoms with Crippen molar-refractivity contribution in [3.8, 4) is 0 Å². The van der Waals surface area contributed by atoms with Crippen molar-refractivity contribution in [2.45, 2.75) is 37.5 Å². The van der Waals surface area contributed by atoms with Crippen molar-refractivity contribution in [1.82, 2.24) is 10.6 Å². The lowest BCUT2D eigenvalue weighted by Gasteiger charge is -2.26. The number of hydrogen-bond acceptors (Lipinski definition) is 3. The summed E-state index contributed by atoms with van der Waals surface area (Å²) in [5.41, 5.74) is 4.43. The molecule has 2 atom stereocenters. The van der Waals surface area contributed by atoms with Crippen LogP contribution in [-0.4, -0.2) is 29.7 Å². The summed E-state index contributed by atoms with van der Waals surface area (Å²) < 4.78 is 0. The summed E-state index contributed by atoms with van der Waals surface area (Å²) in [5, 5.41) is 17.6. The molecule has 0 heterocycles. The normalized spacial score (nSPS) is 12.7. The predicted octanol–water partition coefficient (Wildman–Crippen LogP) is 5.09. The van der Waals surface area contributed by atoms with Gasteiger partial charge in [-0.1, -0.05) is 121 Å². The molecule has 4 nitrogen and oxygen atoms in total. The number of carbonyl (C=O) groups is 1. The summed E-state index contributed by atoms with van der Waals surface area (Å²) in [7, 11) is 0. The molecule has 0 fully saturated rings. The summed E-state index contributed by atoms with van der Waals surface area (Å²) >= 11 is 0. The molecule has 0 bridgehead atoms. The monoisotopic (exact) mass is 478 g/mol. The van der Waals surface area contributed by atoms with E-state index in [-0.39, 0.29) is 11.8 Å². The average molecular weight is 479 g/mol. The third kappa shape index (κ3) is 7.64. The molecule has 4 rings (SSSR count). The summed E-state index contributed by atoms with van der Waals surface area (Å²) in [6, 6.07) is 39.9. The third-order valence-electron chi connectivity index (χ3n) is 6.43. The van der Waals surface area contributed by atoms with E-state index < -0.39 is 12.1 Å². The molecular formula is C32H34N2O2. The number of benzene rings is 4. The highest BCUT2D eigenvalue weighted by Gasteiger charge is 2.24. The van der Waals surface area contributed by atoms with Crippen molar-refractivity contribution in [3.05, 3.63) is 144 Å². The fourth-order valence-corrected chi connectivity index (χ4v) is 4.50. The average Bonchev–Trinajstić information content (AvgIpc) is 2.93. The third-order valence-corrected chi connectivity index (χ3v) is 6.43. The van der Waals surface area contributed by atoms with Gasteiger partial charge in [-0.15, -0.1) is 0 Å². The first-order valence-electron chi connectivity index (χ1n) is 12.5. The van der Waals surface area contributed by atoms with E-state index in [2.05, 4.69) is 47.0 Å². The van der Waals surface area contributed by atoms with Gasteiger partial charge in [-0.3, -0.25) is 4.79 Å². The number of amides is 1. The molecule has 0 aliphatic carbocycles. The first-order valence-corrected chi connectivity index (χ1v) is 12.5. The fourth-order valence-electron chi connectivity index (χ4n) is 4.50. The highest BCUT2D eigenvalue weighted by molar-refractivity contribution is 5.78. The molecule has 4 aromatic carbocycles. The second-order valence-corrected chi connectivity index (χ2v) is 9.13. The van der Waals surface area contributed by atoms with E-state index in [1.165, 1.54) is 0 Å². The van der Waals surface area contributed by atoms with Gasteiger partial charge in [0, 0.05) is 25.4 Å². The Morgan fingerprint density at radius 1 is 0.667 bits per heavy atom. The second kappa shape index (κ2) is 13.4. The van der Waals surface area contributed by atoms with Gasteiger partial charge in [0.25, 0.3) is 0 Å². The van der Waals surface area contributed by atoms with Crippen LogP contribution in [0.1, 0.15) is 34.6 Å². The minimum absolute atomic E-state index is 0.0573. The van der Waals surface area contributed by atoms with Gasteiger partial charge in [0.05, 0.1) is 12.1 Å². The molecule has 1 amide bonds. The molecule has 0 saturated heterocycles. The van der Waals surface area contributed by atoms with Gasteiger partial charge < -0.3 is 15.7 Å². The number of hydrogen-bond donors (Lipinski definition) is 3. The van der Waals surface area contributed by atoms with Crippen molar-refractivity contribution in [2.75, 3.05) is 6.54 Å². The number of carbonyl (C=O) groups excluding carboxylic acids is 1. The van der Waals surface area contributed by atoms with Crippen LogP contribution in [0.2, 0.25) is 0 Å². The van der Waals surface area contributed by atoms with Crippen LogP contribution in [0, 0.1) is 0 Å². The van der Waals surface area contributed by atoms with Gasteiger partial charge in [-0.05, 0) is 28.7 Å². The SMILES string of the molecule is O=C(CC(c1ccccc1)c1ccccc1)N[C@@H](Cc1ccccc1)[C@H](O)CNCc1ccccc1. The molecule has 3 N–H and O–H groups in total. The Morgan fingerprint density at radius 2 is 1.14 bits per heavy atom. The van der Waals surface area contributed by atoms with E-state index >= 15 is 0 Å². The minimum Gasteiger partial charge on any atom is -0.390 e. The van der Waals surface area contributed by atoms with Crippen molar-refractivity contribution in [2.24, 2.45) is 0 Å². The zero-order chi connectivity index (χ0) is 25.0. The molecule has 0 aliphatic rings. The Kier molecular flexibility index (Phi) is 9.43. The number of rotatable bonds is 12. The highest BCUT2D eigenvalue weighted by Crippen LogP contribution is 2.28. The Balaban J connectivity index is 1.45. The first-order chi connectivity index (χ1) is 17.7. The first kappa shape index (κ1) is 25.4. The maximum absolute atomic E-state index is 13.4. The van der Waals surface area contributed by atoms with Gasteiger partial charge in [-0.2, -0.15) is 0 Å². The van der Waals surface area contributed by atoms with Crippen LogP contribution in [-0.2, 0) is 17.8 Å². The van der Waals surface area contributed by atoms with Crippen molar-refractivity contribution >= 4 is 5.91 Å². The lowest BCUT2D eigenvalue weighted by molar-refractivity contribution is -0.122. The van der Waals surface area contributed by atoms with Crippen molar-refractivity contribution < 1.29 is 9.90 Å². The van der Waals surface area contributed by atoms with Gasteiger partial charge in [0.2, 0.25) is 5.91 Å². The van der Waals surface area contributed by atoms with Gasteiger partial charge in [0.1, 0.15) is 0 Å². The van der Waals surface area contributed by atoms with Crippen molar-refractivity contribution in [1.29, 1.82) is 0 Å². The smallest absolute Gasteiger partial charge is 0.221 e. The Hall–Kier alpha value is -3.73. The van der Waals surface area contributed by atoms with Crippen LogP contribution in [0.15, 0.2) is 121 Å². The summed E-state index contributed by atoms with van der Waals surface area (Å²) in [6.45, 7) is 1.04. The maximum Gasteiger partial charge on any atom is 0.221 e. The highest BCUT2D eigenvalue weighted by atomic mass is 16.3. The van der Waals surface area contributed by atoms with Gasteiger partial charge in [0.15, 0.2) is 0 Å². The molecular weight excluding hydrogens is 444 g/mol. The molecule has 0 spiro atoms. The van der Waals surface area contributed by atoms with E-state index in [1.807, 2.05) is 84.9 Å². The molecule has 0 radical (unpaired) electrons. The quantitative estimate of drug-likeness (QED) is 0.266. The lowest BCUT2D eigenvalue weighted by Crippen LogP contribution is -2.48. The standard InChI is InChI=1S/C32H34N2O2/c35-31(24-33-23-26-15-7-2-8-16-26)30(21-25-13-5-1-6-14-25)34-32(36)22-29(27-17-9-3-10-18-27)28-19-11-4-12-20-28/h1-20,29-31,33,35H,21-24H2,(H,34,36)/t30-,31+/m0/s1. The van der Waals surface area contributed by atoms with Crippen LogP contribution in [0.4, 0.5) is 0 Å². The predicted molar refractivity (Wildman–Crippen MR) is 146 cm³/mol. The number of aliphatic hydroxyl groups is 1. The molecule has 0 aliphatic heterocycles. The largest absolute Gasteiger partial charge is 0.390 e. The number of aliphatic hydroxyl groups excluding tert-OH is 1. The van der Waals surface area contributed by atoms with E-state index in [1.54, 1.807) is 0 Å². The van der Waals surface area contributed by atoms with Crippen LogP contribution < -0.4 is 10.6 Å². The topological polar surface area (TPSA) is 61.4 Å². The van der Waals surface area contributed by atoms with Crippen LogP contribution in [0.25, 0.3) is 0 Å². The van der Waals surface area contributed by atoms with Gasteiger partial charge >= 0.3 is 0 Å². The molecule has 0 aromatic heterocycles. The maximum atomic E-state index is 13.4. The fraction of sp³-hybridized carbons (Fsp3) is 0.219. The zero-order valence-electron chi connectivity index (χ0n) is 20.5. The molecule has 4 aromatic rings. The van der Waals surface area contributed by atoms with Crippen LogP contribution >= 0.6 is 0 Å². The summed E-state index contributed by atoms with van der Waals surface area (Å²) in [6.07, 6.45) is 0.135. The van der Waals surface area contributed by atoms with E-state index in [0.717, 1.165) is 22.3 Å². The summed E-state index contributed by atoms with van der Waals surface area (Å²) in [4.78, 5) is 13.4. The molecule has 184 valence electrons. The molecule has 0 unspecified atom stereocenters. The van der Waals surface area contributed by atoms with Crippen molar-refractivity contribution in [3.63, 3.8) is 0 Å². The van der Waals surface area contributed by atoms with E-state index in [9.17, 15) is 9.90 Å². The summed E-state index contributed by atoms with van der Waals surface area (Å²) in [5.74, 6) is -0.131. The minimum atomic E-state index is -0.732. The zero-order valence-corrected chi connectivity index (χ0v) is 20.5.